The Morgan fingerprint density at radius 2 is 1.89 bits per heavy atom. The van der Waals surface area contributed by atoms with Gasteiger partial charge in [0.25, 0.3) is 0 Å². The number of nitrogens with one attached hydrogen (secondary N) is 2. The van der Waals surface area contributed by atoms with Crippen LogP contribution in [-0.4, -0.2) is 74.6 Å². The summed E-state index contributed by atoms with van der Waals surface area (Å²) in [5, 5.41) is 5.93. The molecule has 1 heterocycles. The van der Waals surface area contributed by atoms with Crippen LogP contribution in [0.2, 0.25) is 0 Å². The Labute approximate surface area is 114 Å². The Balaban J connectivity index is 2.11. The normalized spacial score (nSPS) is 17.2. The molecule has 19 heavy (non-hydrogen) atoms. The number of nitrogens with zero attached hydrogens (tertiary/aromatic N) is 2. The molecule has 0 aromatic heterocycles. The Bertz CT molecular complexity index is 300. The average molecular weight is 271 g/mol. The minimum absolute atomic E-state index is 0.150. The maximum absolute atomic E-state index is 11.6. The lowest BCUT2D eigenvalue weighted by molar-refractivity contribution is -0.130. The van der Waals surface area contributed by atoms with Crippen LogP contribution < -0.4 is 16.4 Å². The summed E-state index contributed by atoms with van der Waals surface area (Å²) in [6.45, 7) is 3.64. The number of carbonyl (C=O) groups excluding carboxylic acids is 2. The first-order valence-electron chi connectivity index (χ1n) is 6.68. The predicted octanol–water partition coefficient (Wildman–Crippen LogP) is -1.20. The number of hydrogen-bond acceptors (Lipinski definition) is 4. The summed E-state index contributed by atoms with van der Waals surface area (Å²) in [6, 6.07) is -0.0285. The van der Waals surface area contributed by atoms with Gasteiger partial charge in [0.15, 0.2) is 0 Å². The van der Waals surface area contributed by atoms with Gasteiger partial charge in [-0.15, -0.1) is 0 Å². The number of nitrogens with two attached hydrogens (primary N) is 1. The molecule has 0 spiro atoms. The number of piperidine rings is 1. The zero-order valence-corrected chi connectivity index (χ0v) is 11.8. The fraction of sp³-hybridized carbons (Fsp3) is 0.833. The Morgan fingerprint density at radius 3 is 2.42 bits per heavy atom. The molecule has 1 fully saturated rings. The predicted molar refractivity (Wildman–Crippen MR) is 73.7 cm³/mol. The van der Waals surface area contributed by atoms with Gasteiger partial charge in [-0.2, -0.15) is 0 Å². The van der Waals surface area contributed by atoms with Crippen LogP contribution in [0.15, 0.2) is 0 Å². The number of primary amides is 1. The molecule has 0 aromatic rings. The van der Waals surface area contributed by atoms with Crippen molar-refractivity contribution in [3.8, 4) is 0 Å². The zero-order chi connectivity index (χ0) is 14.3. The number of urea groups is 1. The molecule has 3 amide bonds. The highest BCUT2D eigenvalue weighted by molar-refractivity contribution is 5.77. The van der Waals surface area contributed by atoms with Crippen molar-refractivity contribution in [2.24, 2.45) is 5.73 Å². The first kappa shape index (κ1) is 15.7. The monoisotopic (exact) mass is 271 g/mol. The summed E-state index contributed by atoms with van der Waals surface area (Å²) in [5.41, 5.74) is 4.98. The standard InChI is InChI=1S/C12H25N5O2/c1-16(2)11(18)9-17-7-3-10(4-8-17)14-5-6-15-12(13)19/h10,14H,3-9H2,1-2H3,(H3,13,15,19). The van der Waals surface area contributed by atoms with Crippen molar-refractivity contribution >= 4 is 11.9 Å². The summed E-state index contributed by atoms with van der Waals surface area (Å²) in [5.74, 6) is 0.150. The maximum atomic E-state index is 11.6. The Morgan fingerprint density at radius 1 is 1.26 bits per heavy atom. The van der Waals surface area contributed by atoms with Crippen molar-refractivity contribution in [3.63, 3.8) is 0 Å². The third kappa shape index (κ3) is 6.40. The molecule has 4 N–H and O–H groups in total. The molecular formula is C12H25N5O2. The number of carbonyl (C=O) groups is 2. The molecule has 0 unspecified atom stereocenters. The van der Waals surface area contributed by atoms with E-state index in [4.69, 9.17) is 5.73 Å². The van der Waals surface area contributed by atoms with E-state index in [1.54, 1.807) is 19.0 Å². The molecule has 0 aliphatic carbocycles. The lowest BCUT2D eigenvalue weighted by Gasteiger charge is -2.32. The van der Waals surface area contributed by atoms with Crippen LogP contribution in [0.3, 0.4) is 0 Å². The van der Waals surface area contributed by atoms with E-state index >= 15 is 0 Å². The number of likely N-dealkylation sites (N-methyl/N-ethyl adjacent to an activating group) is 1. The van der Waals surface area contributed by atoms with Crippen LogP contribution in [0.4, 0.5) is 4.79 Å². The van der Waals surface area contributed by atoms with E-state index < -0.39 is 6.03 Å². The van der Waals surface area contributed by atoms with Gasteiger partial charge >= 0.3 is 6.03 Å². The van der Waals surface area contributed by atoms with Gasteiger partial charge in [-0.3, -0.25) is 9.69 Å². The number of amides is 3. The van der Waals surface area contributed by atoms with Crippen molar-refractivity contribution < 1.29 is 9.59 Å². The number of hydrogen-bond donors (Lipinski definition) is 3. The highest BCUT2D eigenvalue weighted by Gasteiger charge is 2.20. The third-order valence-corrected chi connectivity index (χ3v) is 3.30. The second-order valence-electron chi connectivity index (χ2n) is 5.08. The summed E-state index contributed by atoms with van der Waals surface area (Å²) >= 11 is 0. The molecule has 7 heteroatoms. The first-order chi connectivity index (χ1) is 8.99. The van der Waals surface area contributed by atoms with E-state index in [-0.39, 0.29) is 5.91 Å². The third-order valence-electron chi connectivity index (χ3n) is 3.30. The van der Waals surface area contributed by atoms with Crippen LogP contribution in [0.25, 0.3) is 0 Å². The van der Waals surface area contributed by atoms with Gasteiger partial charge in [0.05, 0.1) is 6.54 Å². The van der Waals surface area contributed by atoms with Crippen LogP contribution in [0.5, 0.6) is 0 Å². The zero-order valence-electron chi connectivity index (χ0n) is 11.8. The van der Waals surface area contributed by atoms with E-state index in [1.165, 1.54) is 0 Å². The van der Waals surface area contributed by atoms with Gasteiger partial charge in [-0.1, -0.05) is 0 Å². The number of likely N-dealkylation sites (tertiary alicyclic amines) is 1. The van der Waals surface area contributed by atoms with Crippen LogP contribution >= 0.6 is 0 Å². The lowest BCUT2D eigenvalue weighted by atomic mass is 10.1. The van der Waals surface area contributed by atoms with Gasteiger partial charge in [-0.25, -0.2) is 4.79 Å². The van der Waals surface area contributed by atoms with Crippen molar-refractivity contribution in [2.75, 3.05) is 46.8 Å². The highest BCUT2D eigenvalue weighted by Crippen LogP contribution is 2.09. The van der Waals surface area contributed by atoms with Crippen LogP contribution in [0, 0.1) is 0 Å². The van der Waals surface area contributed by atoms with Gasteiger partial charge in [0, 0.05) is 46.3 Å². The highest BCUT2D eigenvalue weighted by atomic mass is 16.2. The van der Waals surface area contributed by atoms with Crippen molar-refractivity contribution in [1.82, 2.24) is 20.4 Å². The molecule has 0 saturated carbocycles. The quantitative estimate of drug-likeness (QED) is 0.529. The largest absolute Gasteiger partial charge is 0.352 e. The first-order valence-corrected chi connectivity index (χ1v) is 6.68. The van der Waals surface area contributed by atoms with E-state index in [1.807, 2.05) is 0 Å². The van der Waals surface area contributed by atoms with Crippen molar-refractivity contribution in [2.45, 2.75) is 18.9 Å². The molecule has 0 atom stereocenters. The minimum atomic E-state index is -0.487. The molecule has 1 aliphatic rings. The van der Waals surface area contributed by atoms with Gasteiger partial charge in [-0.05, 0) is 12.8 Å². The summed E-state index contributed by atoms with van der Waals surface area (Å²) in [6.07, 6.45) is 2.05. The van der Waals surface area contributed by atoms with Crippen molar-refractivity contribution in [3.05, 3.63) is 0 Å². The molecule has 1 aliphatic heterocycles. The second kappa shape index (κ2) is 7.96. The molecule has 0 radical (unpaired) electrons. The Kier molecular flexibility index (Phi) is 6.58. The average Bonchev–Trinajstić information content (AvgIpc) is 2.36. The van der Waals surface area contributed by atoms with Gasteiger partial charge in [0.1, 0.15) is 0 Å². The fourth-order valence-electron chi connectivity index (χ4n) is 2.09. The molecule has 1 rings (SSSR count). The summed E-state index contributed by atoms with van der Waals surface area (Å²) in [4.78, 5) is 25.9. The topological polar surface area (TPSA) is 90.7 Å². The molecule has 7 nitrogen and oxygen atoms in total. The molecule has 0 aromatic carbocycles. The van der Waals surface area contributed by atoms with Crippen LogP contribution in [0.1, 0.15) is 12.8 Å². The van der Waals surface area contributed by atoms with Crippen LogP contribution in [-0.2, 0) is 4.79 Å². The minimum Gasteiger partial charge on any atom is -0.352 e. The summed E-state index contributed by atoms with van der Waals surface area (Å²) in [7, 11) is 3.56. The maximum Gasteiger partial charge on any atom is 0.312 e. The Hall–Kier alpha value is -1.34. The molecular weight excluding hydrogens is 246 g/mol. The molecule has 1 saturated heterocycles. The summed E-state index contributed by atoms with van der Waals surface area (Å²) < 4.78 is 0. The fourth-order valence-corrected chi connectivity index (χ4v) is 2.09. The molecule has 110 valence electrons. The number of rotatable bonds is 6. The van der Waals surface area contributed by atoms with E-state index in [9.17, 15) is 9.59 Å². The van der Waals surface area contributed by atoms with E-state index in [0.29, 0.717) is 19.1 Å². The van der Waals surface area contributed by atoms with E-state index in [2.05, 4.69) is 15.5 Å². The molecule has 0 bridgehead atoms. The second-order valence-corrected chi connectivity index (χ2v) is 5.08. The SMILES string of the molecule is CN(C)C(=O)CN1CCC(NCCNC(N)=O)CC1. The smallest absolute Gasteiger partial charge is 0.312 e. The lowest BCUT2D eigenvalue weighted by Crippen LogP contribution is -2.47. The van der Waals surface area contributed by atoms with E-state index in [0.717, 1.165) is 32.5 Å². The van der Waals surface area contributed by atoms with Gasteiger partial charge < -0.3 is 21.3 Å². The van der Waals surface area contributed by atoms with Gasteiger partial charge in [0.2, 0.25) is 5.91 Å². The van der Waals surface area contributed by atoms with Crippen molar-refractivity contribution in [1.29, 1.82) is 0 Å².